The molecule has 27 heavy (non-hydrogen) atoms. The third-order valence-electron chi connectivity index (χ3n) is 4.12. The molecule has 5 aromatic rings. The third kappa shape index (κ3) is 2.73. The van der Waals surface area contributed by atoms with Gasteiger partial charge in [0.2, 0.25) is 0 Å². The van der Waals surface area contributed by atoms with E-state index in [2.05, 4.69) is 15.3 Å². The molecule has 5 rings (SSSR count). The number of rotatable bonds is 3. The Morgan fingerprint density at radius 3 is 2.63 bits per heavy atom. The van der Waals surface area contributed by atoms with Crippen LogP contribution in [0, 0.1) is 0 Å². The molecular formula is C18H11N5O2S2. The number of hydrogen-bond acceptors (Lipinski definition) is 6. The summed E-state index contributed by atoms with van der Waals surface area (Å²) < 4.78 is 3.34. The average molecular weight is 393 g/mol. The van der Waals surface area contributed by atoms with E-state index in [0.717, 1.165) is 16.2 Å². The lowest BCUT2D eigenvalue weighted by Crippen LogP contribution is -2.25. The zero-order valence-corrected chi connectivity index (χ0v) is 15.3. The quantitative estimate of drug-likeness (QED) is 0.510. The molecule has 0 radical (unpaired) electrons. The summed E-state index contributed by atoms with van der Waals surface area (Å²) in [5, 5.41) is 6.48. The van der Waals surface area contributed by atoms with Crippen molar-refractivity contribution in [2.45, 2.75) is 0 Å². The number of imidazole rings is 1. The molecule has 0 saturated carbocycles. The molecule has 0 aliphatic rings. The van der Waals surface area contributed by atoms with Crippen LogP contribution in [0.1, 0.15) is 10.4 Å². The molecule has 0 atom stereocenters. The Kier molecular flexibility index (Phi) is 3.62. The van der Waals surface area contributed by atoms with Gasteiger partial charge in [0.25, 0.3) is 11.5 Å². The molecule has 0 saturated heterocycles. The van der Waals surface area contributed by atoms with Crippen molar-refractivity contribution in [1.82, 2.24) is 18.8 Å². The summed E-state index contributed by atoms with van der Waals surface area (Å²) in [6.45, 7) is 0. The fraction of sp³-hybridized carbons (Fsp3) is 0. The Hall–Kier alpha value is -3.30. The minimum atomic E-state index is -0.483. The molecule has 4 heterocycles. The maximum Gasteiger partial charge on any atom is 0.271 e. The highest BCUT2D eigenvalue weighted by Crippen LogP contribution is 2.23. The van der Waals surface area contributed by atoms with Gasteiger partial charge in [0.05, 0.1) is 5.69 Å². The van der Waals surface area contributed by atoms with Crippen molar-refractivity contribution in [3.63, 3.8) is 0 Å². The standard InChI is InChI=1S/C18H11N5O2S2/c24-15(13-9-19-17-23(16(13)25)6-8-26-17)20-12-3-1-11(2-4-12)14-10-22-5-7-27-18(22)21-14/h1-10H,(H,20,24). The van der Waals surface area contributed by atoms with Crippen molar-refractivity contribution in [3.8, 4) is 11.3 Å². The third-order valence-corrected chi connectivity index (χ3v) is 5.66. The zero-order valence-electron chi connectivity index (χ0n) is 13.7. The number of anilines is 1. The van der Waals surface area contributed by atoms with Gasteiger partial charge in [-0.15, -0.1) is 22.7 Å². The predicted octanol–water partition coefficient (Wildman–Crippen LogP) is 3.38. The van der Waals surface area contributed by atoms with Crippen LogP contribution in [0.3, 0.4) is 0 Å². The molecule has 4 aromatic heterocycles. The van der Waals surface area contributed by atoms with Crippen molar-refractivity contribution in [1.29, 1.82) is 0 Å². The Labute approximate surface area is 160 Å². The highest BCUT2D eigenvalue weighted by atomic mass is 32.1. The molecule has 1 N–H and O–H groups in total. The molecule has 0 aliphatic carbocycles. The SMILES string of the molecule is O=C(Nc1ccc(-c2cn3ccsc3n2)cc1)c1cnc2sccn2c1=O. The van der Waals surface area contributed by atoms with E-state index in [1.807, 2.05) is 34.3 Å². The molecule has 132 valence electrons. The number of carbonyl (C=O) groups is 1. The summed E-state index contributed by atoms with van der Waals surface area (Å²) in [6.07, 6.45) is 6.84. The lowest BCUT2D eigenvalue weighted by molar-refractivity contribution is 0.102. The molecular weight excluding hydrogens is 382 g/mol. The minimum Gasteiger partial charge on any atom is -0.322 e. The summed E-state index contributed by atoms with van der Waals surface area (Å²) in [5.74, 6) is -0.483. The Morgan fingerprint density at radius 2 is 1.81 bits per heavy atom. The number of hydrogen-bond donors (Lipinski definition) is 1. The van der Waals surface area contributed by atoms with Gasteiger partial charge in [-0.3, -0.25) is 18.4 Å². The van der Waals surface area contributed by atoms with Gasteiger partial charge in [-0.1, -0.05) is 12.1 Å². The number of nitrogens with one attached hydrogen (secondary N) is 1. The van der Waals surface area contributed by atoms with E-state index in [1.165, 1.54) is 21.9 Å². The van der Waals surface area contributed by atoms with E-state index in [9.17, 15) is 9.59 Å². The summed E-state index contributed by atoms with van der Waals surface area (Å²) in [5.41, 5.74) is 2.03. The summed E-state index contributed by atoms with van der Waals surface area (Å²) in [7, 11) is 0. The topological polar surface area (TPSA) is 80.8 Å². The highest BCUT2D eigenvalue weighted by molar-refractivity contribution is 7.15. The minimum absolute atomic E-state index is 0.00400. The van der Waals surface area contributed by atoms with Crippen molar-refractivity contribution < 1.29 is 4.79 Å². The molecule has 7 nitrogen and oxygen atoms in total. The molecule has 1 aromatic carbocycles. The molecule has 0 bridgehead atoms. The Balaban J connectivity index is 1.40. The van der Waals surface area contributed by atoms with Crippen LogP contribution in [0.4, 0.5) is 5.69 Å². The van der Waals surface area contributed by atoms with E-state index in [0.29, 0.717) is 10.6 Å². The summed E-state index contributed by atoms with van der Waals surface area (Å²) in [4.78, 5) is 35.0. The van der Waals surface area contributed by atoms with Crippen molar-refractivity contribution >= 4 is 44.2 Å². The van der Waals surface area contributed by atoms with Crippen molar-refractivity contribution in [3.05, 3.63) is 75.7 Å². The monoisotopic (exact) mass is 393 g/mol. The van der Waals surface area contributed by atoms with Crippen LogP contribution in [0.15, 0.2) is 64.6 Å². The number of benzene rings is 1. The first kappa shape index (κ1) is 15.9. The Bertz CT molecular complexity index is 1320. The smallest absolute Gasteiger partial charge is 0.271 e. The van der Waals surface area contributed by atoms with E-state index in [4.69, 9.17) is 0 Å². The maximum atomic E-state index is 12.5. The van der Waals surface area contributed by atoms with E-state index in [1.54, 1.807) is 35.0 Å². The van der Waals surface area contributed by atoms with Crippen LogP contribution in [0.2, 0.25) is 0 Å². The summed E-state index contributed by atoms with van der Waals surface area (Å²) >= 11 is 2.91. The van der Waals surface area contributed by atoms with Gasteiger partial charge >= 0.3 is 0 Å². The molecule has 0 spiro atoms. The van der Waals surface area contributed by atoms with E-state index >= 15 is 0 Å². The number of fused-ring (bicyclic) bond motifs is 2. The normalized spacial score (nSPS) is 11.3. The second-order valence-corrected chi connectivity index (χ2v) is 7.53. The number of nitrogens with zero attached hydrogens (tertiary/aromatic N) is 4. The molecule has 9 heteroatoms. The Morgan fingerprint density at radius 1 is 1.04 bits per heavy atom. The molecule has 0 unspecified atom stereocenters. The fourth-order valence-electron chi connectivity index (χ4n) is 2.77. The van der Waals surface area contributed by atoms with Crippen LogP contribution >= 0.6 is 22.7 Å². The predicted molar refractivity (Wildman–Crippen MR) is 106 cm³/mol. The van der Waals surface area contributed by atoms with Crippen LogP contribution in [0.25, 0.3) is 21.2 Å². The van der Waals surface area contributed by atoms with Gasteiger partial charge in [0.1, 0.15) is 5.56 Å². The zero-order chi connectivity index (χ0) is 18.4. The van der Waals surface area contributed by atoms with Crippen LogP contribution in [0.5, 0.6) is 0 Å². The van der Waals surface area contributed by atoms with E-state index < -0.39 is 5.91 Å². The van der Waals surface area contributed by atoms with Crippen molar-refractivity contribution in [2.75, 3.05) is 5.32 Å². The van der Waals surface area contributed by atoms with Crippen LogP contribution < -0.4 is 10.9 Å². The highest BCUT2D eigenvalue weighted by Gasteiger charge is 2.14. The number of thiazole rings is 2. The average Bonchev–Trinajstić information content (AvgIpc) is 3.38. The number of aromatic nitrogens is 4. The first-order valence-electron chi connectivity index (χ1n) is 7.98. The van der Waals surface area contributed by atoms with E-state index in [-0.39, 0.29) is 11.1 Å². The van der Waals surface area contributed by atoms with Gasteiger partial charge in [0, 0.05) is 46.8 Å². The fourth-order valence-corrected chi connectivity index (χ4v) is 4.14. The van der Waals surface area contributed by atoms with Gasteiger partial charge in [-0.05, 0) is 12.1 Å². The lowest BCUT2D eigenvalue weighted by atomic mass is 10.1. The first-order chi connectivity index (χ1) is 13.2. The lowest BCUT2D eigenvalue weighted by Gasteiger charge is -2.05. The largest absolute Gasteiger partial charge is 0.322 e. The molecule has 0 fully saturated rings. The maximum absolute atomic E-state index is 12.5. The summed E-state index contributed by atoms with van der Waals surface area (Å²) in [6, 6.07) is 7.34. The second-order valence-electron chi connectivity index (χ2n) is 5.78. The van der Waals surface area contributed by atoms with Gasteiger partial charge in [-0.25, -0.2) is 9.97 Å². The van der Waals surface area contributed by atoms with Crippen LogP contribution in [-0.4, -0.2) is 24.7 Å². The molecule has 1 amide bonds. The van der Waals surface area contributed by atoms with Crippen molar-refractivity contribution in [2.24, 2.45) is 0 Å². The molecule has 0 aliphatic heterocycles. The van der Waals surface area contributed by atoms with Gasteiger partial charge in [0.15, 0.2) is 9.92 Å². The number of amides is 1. The first-order valence-corrected chi connectivity index (χ1v) is 9.74. The van der Waals surface area contributed by atoms with Crippen LogP contribution in [-0.2, 0) is 0 Å². The second kappa shape index (κ2) is 6.15. The van der Waals surface area contributed by atoms with Gasteiger partial charge in [-0.2, -0.15) is 0 Å². The number of carbonyl (C=O) groups excluding carboxylic acids is 1. The van der Waals surface area contributed by atoms with Gasteiger partial charge < -0.3 is 5.32 Å².